The lowest BCUT2D eigenvalue weighted by atomic mass is 9.90. The number of hydrogen-bond donors (Lipinski definition) is 3. The third-order valence-electron chi connectivity index (χ3n) is 5.74. The number of benzene rings is 1. The van der Waals surface area contributed by atoms with Crippen molar-refractivity contribution in [1.82, 2.24) is 20.3 Å². The van der Waals surface area contributed by atoms with Gasteiger partial charge in [0.05, 0.1) is 17.9 Å². The number of amides is 1. The maximum Gasteiger partial charge on any atom is 0.251 e. The van der Waals surface area contributed by atoms with E-state index in [0.717, 1.165) is 34.7 Å². The van der Waals surface area contributed by atoms with Crippen LogP contribution in [0.1, 0.15) is 34.3 Å². The van der Waals surface area contributed by atoms with Crippen molar-refractivity contribution in [3.63, 3.8) is 0 Å². The molecule has 2 aliphatic rings. The highest BCUT2D eigenvalue weighted by Crippen LogP contribution is 2.39. The molecule has 1 fully saturated rings. The van der Waals surface area contributed by atoms with Gasteiger partial charge >= 0.3 is 0 Å². The lowest BCUT2D eigenvalue weighted by Gasteiger charge is -2.30. The topological polar surface area (TPSA) is 115 Å². The zero-order valence-corrected chi connectivity index (χ0v) is 17.3. The van der Waals surface area contributed by atoms with Gasteiger partial charge in [-0.05, 0) is 36.6 Å². The van der Waals surface area contributed by atoms with Crippen LogP contribution in [0, 0.1) is 0 Å². The van der Waals surface area contributed by atoms with Crippen LogP contribution in [0.15, 0.2) is 42.7 Å². The van der Waals surface area contributed by atoms with Crippen LogP contribution in [0.5, 0.6) is 5.75 Å². The van der Waals surface area contributed by atoms with Gasteiger partial charge in [0.1, 0.15) is 17.7 Å². The first kappa shape index (κ1) is 20.2. The monoisotopic (exact) mass is 434 g/mol. The minimum atomic E-state index is -0.799. The molecule has 164 valence electrons. The largest absolute Gasteiger partial charge is 0.492 e. The van der Waals surface area contributed by atoms with Gasteiger partial charge in [0.15, 0.2) is 0 Å². The number of carbonyl (C=O) groups is 1. The molecule has 1 aromatic carbocycles. The molecule has 3 heterocycles. The Hall–Kier alpha value is -3.75. The number of rotatable bonds is 6. The molecule has 0 bridgehead atoms. The molecule has 9 heteroatoms. The van der Waals surface area contributed by atoms with Crippen molar-refractivity contribution in [3.8, 4) is 17.0 Å². The van der Waals surface area contributed by atoms with Crippen molar-refractivity contribution >= 4 is 17.7 Å². The van der Waals surface area contributed by atoms with Crippen molar-refractivity contribution in [2.24, 2.45) is 0 Å². The van der Waals surface area contributed by atoms with Gasteiger partial charge in [-0.15, -0.1) is 0 Å². The molecule has 5 rings (SSSR count). The molecule has 4 N–H and O–H groups in total. The standard InChI is InChI=1S/C23H23FN6O2/c24-15-9-16(10-15)29-22(31)14-3-1-2-13(8-14)11-27-21-17-5-7-32-20(17)18(12-28-21)19-4-6-26-23(25)30-19/h1-4,6,8,12,15-16H,5,7,9-11H2,(H,27,28)(H,29,31)(H2,25,26,30). The molecule has 0 atom stereocenters. The third-order valence-corrected chi connectivity index (χ3v) is 5.74. The van der Waals surface area contributed by atoms with Crippen LogP contribution in [0.4, 0.5) is 16.2 Å². The first-order valence-corrected chi connectivity index (χ1v) is 10.6. The van der Waals surface area contributed by atoms with E-state index in [1.165, 1.54) is 0 Å². The zero-order chi connectivity index (χ0) is 22.1. The Kier molecular flexibility index (Phi) is 5.30. The number of fused-ring (bicyclic) bond motifs is 1. The minimum absolute atomic E-state index is 0.0742. The Morgan fingerprint density at radius 2 is 2.12 bits per heavy atom. The highest BCUT2D eigenvalue weighted by molar-refractivity contribution is 5.94. The molecule has 0 spiro atoms. The van der Waals surface area contributed by atoms with Gasteiger partial charge in [0.25, 0.3) is 5.91 Å². The van der Waals surface area contributed by atoms with E-state index in [0.29, 0.717) is 37.3 Å². The molecule has 1 aliphatic carbocycles. The van der Waals surface area contributed by atoms with E-state index in [1.54, 1.807) is 24.5 Å². The van der Waals surface area contributed by atoms with Crippen molar-refractivity contribution in [2.75, 3.05) is 17.7 Å². The molecule has 0 unspecified atom stereocenters. The molecular formula is C23H23FN6O2. The Bertz CT molecular complexity index is 1160. The molecule has 2 aromatic heterocycles. The maximum absolute atomic E-state index is 13.0. The summed E-state index contributed by atoms with van der Waals surface area (Å²) in [4.78, 5) is 25.2. The van der Waals surface area contributed by atoms with Crippen molar-refractivity contribution in [1.29, 1.82) is 0 Å². The van der Waals surface area contributed by atoms with Crippen LogP contribution < -0.4 is 21.1 Å². The first-order chi connectivity index (χ1) is 15.6. The molecule has 32 heavy (non-hydrogen) atoms. The summed E-state index contributed by atoms with van der Waals surface area (Å²) in [5, 5.41) is 6.23. The predicted octanol–water partition coefficient (Wildman–Crippen LogP) is 2.90. The maximum atomic E-state index is 13.0. The number of carbonyl (C=O) groups excluding carboxylic acids is 1. The molecule has 3 aromatic rings. The number of anilines is 2. The molecule has 8 nitrogen and oxygen atoms in total. The smallest absolute Gasteiger partial charge is 0.251 e. The van der Waals surface area contributed by atoms with Gasteiger partial charge in [-0.25, -0.2) is 19.3 Å². The number of pyridine rings is 1. The van der Waals surface area contributed by atoms with Gasteiger partial charge in [-0.1, -0.05) is 12.1 Å². The second-order valence-corrected chi connectivity index (χ2v) is 8.02. The molecule has 0 radical (unpaired) electrons. The van der Waals surface area contributed by atoms with Crippen molar-refractivity contribution < 1.29 is 13.9 Å². The van der Waals surface area contributed by atoms with E-state index in [4.69, 9.17) is 10.5 Å². The number of alkyl halides is 1. The molecule has 1 aliphatic heterocycles. The number of nitrogen functional groups attached to an aromatic ring is 1. The lowest BCUT2D eigenvalue weighted by Crippen LogP contribution is -2.45. The Morgan fingerprint density at radius 1 is 1.25 bits per heavy atom. The van der Waals surface area contributed by atoms with Crippen LogP contribution in [0.25, 0.3) is 11.3 Å². The minimum Gasteiger partial charge on any atom is -0.492 e. The number of hydrogen-bond acceptors (Lipinski definition) is 7. The van der Waals surface area contributed by atoms with Gasteiger partial charge in [-0.2, -0.15) is 0 Å². The Labute approximate surface area is 184 Å². The fourth-order valence-electron chi connectivity index (χ4n) is 3.99. The number of ether oxygens (including phenoxy) is 1. The van der Waals surface area contributed by atoms with Gasteiger partial charge in [0, 0.05) is 42.5 Å². The fourth-order valence-corrected chi connectivity index (χ4v) is 3.99. The van der Waals surface area contributed by atoms with E-state index in [1.807, 2.05) is 18.2 Å². The number of nitrogens with one attached hydrogen (secondary N) is 2. The second-order valence-electron chi connectivity index (χ2n) is 8.02. The van der Waals surface area contributed by atoms with E-state index in [9.17, 15) is 9.18 Å². The summed E-state index contributed by atoms with van der Waals surface area (Å²) in [5.41, 5.74) is 9.65. The van der Waals surface area contributed by atoms with Crippen molar-refractivity contribution in [2.45, 2.75) is 38.0 Å². The first-order valence-electron chi connectivity index (χ1n) is 10.6. The summed E-state index contributed by atoms with van der Waals surface area (Å²) in [5.74, 6) is 1.51. The number of halogens is 1. The van der Waals surface area contributed by atoms with E-state index < -0.39 is 6.17 Å². The average Bonchev–Trinajstić information content (AvgIpc) is 3.27. The Morgan fingerprint density at radius 3 is 2.94 bits per heavy atom. The lowest BCUT2D eigenvalue weighted by molar-refractivity contribution is 0.0860. The molecule has 0 saturated heterocycles. The van der Waals surface area contributed by atoms with E-state index in [2.05, 4.69) is 25.6 Å². The van der Waals surface area contributed by atoms with Gasteiger partial charge < -0.3 is 21.1 Å². The van der Waals surface area contributed by atoms with Gasteiger partial charge in [0.2, 0.25) is 5.95 Å². The van der Waals surface area contributed by atoms with Crippen LogP contribution >= 0.6 is 0 Å². The van der Waals surface area contributed by atoms with E-state index >= 15 is 0 Å². The molecular weight excluding hydrogens is 411 g/mol. The van der Waals surface area contributed by atoms with Crippen LogP contribution in [-0.2, 0) is 13.0 Å². The third kappa shape index (κ3) is 4.05. The molecule has 1 amide bonds. The van der Waals surface area contributed by atoms with Crippen LogP contribution in [-0.4, -0.2) is 39.7 Å². The SMILES string of the molecule is Nc1nccc(-c2cnc(NCc3cccc(C(=O)NC4CC(F)C4)c3)c3c2OCC3)n1. The summed E-state index contributed by atoms with van der Waals surface area (Å²) in [6.45, 7) is 1.07. The van der Waals surface area contributed by atoms with Crippen molar-refractivity contribution in [3.05, 3.63) is 59.4 Å². The summed E-state index contributed by atoms with van der Waals surface area (Å²) < 4.78 is 18.9. The normalized spacial score (nSPS) is 18.9. The second kappa shape index (κ2) is 8.41. The van der Waals surface area contributed by atoms with Crippen LogP contribution in [0.2, 0.25) is 0 Å². The predicted molar refractivity (Wildman–Crippen MR) is 118 cm³/mol. The summed E-state index contributed by atoms with van der Waals surface area (Å²) in [7, 11) is 0. The number of nitrogens with two attached hydrogens (primary N) is 1. The summed E-state index contributed by atoms with van der Waals surface area (Å²) in [6.07, 6.45) is 4.04. The highest BCUT2D eigenvalue weighted by Gasteiger charge is 2.30. The van der Waals surface area contributed by atoms with Crippen LogP contribution in [0.3, 0.4) is 0 Å². The molecule has 1 saturated carbocycles. The van der Waals surface area contributed by atoms with E-state index in [-0.39, 0.29) is 17.9 Å². The number of nitrogens with zero attached hydrogens (tertiary/aromatic N) is 3. The zero-order valence-electron chi connectivity index (χ0n) is 17.3. The Balaban J connectivity index is 1.30. The highest BCUT2D eigenvalue weighted by atomic mass is 19.1. The quantitative estimate of drug-likeness (QED) is 0.546. The fraction of sp³-hybridized carbons (Fsp3) is 0.304. The summed E-state index contributed by atoms with van der Waals surface area (Å²) in [6, 6.07) is 9.08. The van der Waals surface area contributed by atoms with Gasteiger partial charge in [-0.3, -0.25) is 4.79 Å². The number of aromatic nitrogens is 3. The summed E-state index contributed by atoms with van der Waals surface area (Å²) >= 11 is 0. The average molecular weight is 434 g/mol.